The molecule has 0 aliphatic carbocycles. The molecule has 0 bridgehead atoms. The van der Waals surface area contributed by atoms with Crippen molar-refractivity contribution in [3.8, 4) is 5.75 Å². The Morgan fingerprint density at radius 2 is 2.24 bits per heavy atom. The van der Waals surface area contributed by atoms with E-state index in [0.29, 0.717) is 25.3 Å². The predicted octanol–water partition coefficient (Wildman–Crippen LogP) is 1.87. The van der Waals surface area contributed by atoms with E-state index in [9.17, 15) is 4.79 Å². The zero-order chi connectivity index (χ0) is 15.7. The Balaban J connectivity index is 2.52. The van der Waals surface area contributed by atoms with Crippen LogP contribution in [0.15, 0.2) is 22.7 Å². The molecule has 1 rings (SSSR count). The Bertz CT molecular complexity index is 453. The molecule has 0 spiro atoms. The van der Waals surface area contributed by atoms with Crippen LogP contribution in [-0.4, -0.2) is 38.8 Å². The van der Waals surface area contributed by atoms with Gasteiger partial charge in [-0.2, -0.15) is 0 Å². The summed E-state index contributed by atoms with van der Waals surface area (Å²) in [4.78, 5) is 11.7. The Morgan fingerprint density at radius 1 is 1.48 bits per heavy atom. The first-order chi connectivity index (χ1) is 10.0. The summed E-state index contributed by atoms with van der Waals surface area (Å²) in [6.45, 7) is 3.14. The fourth-order valence-electron chi connectivity index (χ4n) is 1.86. The first-order valence-electron chi connectivity index (χ1n) is 6.96. The first-order valence-corrected chi connectivity index (χ1v) is 7.75. The van der Waals surface area contributed by atoms with Gasteiger partial charge >= 0.3 is 0 Å². The van der Waals surface area contributed by atoms with Crippen LogP contribution in [0.3, 0.4) is 0 Å². The molecule has 0 aliphatic rings. The lowest BCUT2D eigenvalue weighted by molar-refractivity contribution is -0.123. The van der Waals surface area contributed by atoms with E-state index >= 15 is 0 Å². The molecule has 0 saturated carbocycles. The Morgan fingerprint density at radius 3 is 2.90 bits per heavy atom. The van der Waals surface area contributed by atoms with Crippen LogP contribution >= 0.6 is 15.9 Å². The lowest BCUT2D eigenvalue weighted by atomic mass is 10.1. The molecule has 21 heavy (non-hydrogen) atoms. The summed E-state index contributed by atoms with van der Waals surface area (Å²) < 4.78 is 11.4. The van der Waals surface area contributed by atoms with E-state index in [1.54, 1.807) is 7.11 Å². The lowest BCUT2D eigenvalue weighted by Gasteiger charge is -2.14. The Hall–Kier alpha value is -1.11. The molecule has 0 heterocycles. The van der Waals surface area contributed by atoms with Gasteiger partial charge in [0.1, 0.15) is 5.75 Å². The highest BCUT2D eigenvalue weighted by atomic mass is 79.9. The number of methoxy groups -OCH3 is 1. The van der Waals surface area contributed by atoms with E-state index < -0.39 is 0 Å². The number of halogens is 1. The van der Waals surface area contributed by atoms with Gasteiger partial charge in [-0.1, -0.05) is 12.1 Å². The fraction of sp³-hybridized carbons (Fsp3) is 0.533. The molecule has 118 valence electrons. The summed E-state index contributed by atoms with van der Waals surface area (Å²) in [6.07, 6.45) is 1.48. The maximum absolute atomic E-state index is 11.7. The summed E-state index contributed by atoms with van der Waals surface area (Å²) >= 11 is 3.45. The highest BCUT2D eigenvalue weighted by molar-refractivity contribution is 9.10. The van der Waals surface area contributed by atoms with Gasteiger partial charge in [0, 0.05) is 26.3 Å². The van der Waals surface area contributed by atoms with Crippen molar-refractivity contribution in [1.82, 2.24) is 5.32 Å². The molecule has 1 amide bonds. The van der Waals surface area contributed by atoms with Gasteiger partial charge in [0.25, 0.3) is 5.91 Å². The van der Waals surface area contributed by atoms with Crippen LogP contribution in [0, 0.1) is 0 Å². The summed E-state index contributed by atoms with van der Waals surface area (Å²) in [7, 11) is 1.64. The van der Waals surface area contributed by atoms with Crippen molar-refractivity contribution in [2.24, 2.45) is 5.73 Å². The van der Waals surface area contributed by atoms with Crippen LogP contribution in [0.2, 0.25) is 0 Å². The van der Waals surface area contributed by atoms with Crippen LogP contribution in [0.1, 0.15) is 18.9 Å². The standard InChI is InChI=1S/C15H23BrN2O3/c1-11(17)9-12-5-3-6-13(16)15(12)21-10-14(19)18-7-4-8-20-2/h3,5-6,11H,4,7-10,17H2,1-2H3,(H,18,19). The number of hydrogen-bond donors (Lipinski definition) is 2. The van der Waals surface area contributed by atoms with Crippen LogP contribution in [-0.2, 0) is 16.0 Å². The first kappa shape index (κ1) is 17.9. The lowest BCUT2D eigenvalue weighted by Crippen LogP contribution is -2.30. The third-order valence-electron chi connectivity index (χ3n) is 2.79. The maximum atomic E-state index is 11.7. The normalized spacial score (nSPS) is 12.0. The molecular formula is C15H23BrN2O3. The number of rotatable bonds is 9. The quantitative estimate of drug-likeness (QED) is 0.661. The number of benzene rings is 1. The molecule has 5 nitrogen and oxygen atoms in total. The minimum Gasteiger partial charge on any atom is -0.482 e. The number of ether oxygens (including phenoxy) is 2. The number of hydrogen-bond acceptors (Lipinski definition) is 4. The van der Waals surface area contributed by atoms with Crippen LogP contribution in [0.25, 0.3) is 0 Å². The van der Waals surface area contributed by atoms with Gasteiger partial charge in [-0.25, -0.2) is 0 Å². The molecule has 1 atom stereocenters. The molecule has 0 radical (unpaired) electrons. The molecule has 0 aromatic heterocycles. The molecule has 6 heteroatoms. The van der Waals surface area contributed by atoms with Crippen LogP contribution in [0.5, 0.6) is 5.75 Å². The van der Waals surface area contributed by atoms with Crippen molar-refractivity contribution < 1.29 is 14.3 Å². The Kier molecular flexibility index (Phi) is 8.34. The molecule has 1 aromatic carbocycles. The van der Waals surface area contributed by atoms with Crippen molar-refractivity contribution in [1.29, 1.82) is 0 Å². The van der Waals surface area contributed by atoms with Gasteiger partial charge < -0.3 is 20.5 Å². The molecule has 1 unspecified atom stereocenters. The second-order valence-corrected chi connectivity index (χ2v) is 5.75. The number of carbonyl (C=O) groups is 1. The second-order valence-electron chi connectivity index (χ2n) is 4.89. The zero-order valence-corrected chi connectivity index (χ0v) is 14.1. The van der Waals surface area contributed by atoms with Gasteiger partial charge in [0.05, 0.1) is 4.47 Å². The van der Waals surface area contributed by atoms with E-state index in [0.717, 1.165) is 16.5 Å². The molecule has 0 fully saturated rings. The second kappa shape index (κ2) is 9.76. The van der Waals surface area contributed by atoms with Crippen molar-refractivity contribution in [3.05, 3.63) is 28.2 Å². The molecule has 0 saturated heterocycles. The smallest absolute Gasteiger partial charge is 0.257 e. The van der Waals surface area contributed by atoms with E-state index in [1.807, 2.05) is 25.1 Å². The minimum absolute atomic E-state index is 0.0124. The third-order valence-corrected chi connectivity index (χ3v) is 3.41. The fourth-order valence-corrected chi connectivity index (χ4v) is 2.38. The van der Waals surface area contributed by atoms with E-state index in [-0.39, 0.29) is 18.6 Å². The van der Waals surface area contributed by atoms with Crippen LogP contribution < -0.4 is 15.8 Å². The average Bonchev–Trinajstić information content (AvgIpc) is 2.42. The van der Waals surface area contributed by atoms with Crippen LogP contribution in [0.4, 0.5) is 0 Å². The van der Waals surface area contributed by atoms with Crippen molar-refractivity contribution in [2.75, 3.05) is 26.9 Å². The van der Waals surface area contributed by atoms with Gasteiger partial charge in [0.2, 0.25) is 0 Å². The summed E-state index contributed by atoms with van der Waals surface area (Å²) in [5.74, 6) is 0.537. The maximum Gasteiger partial charge on any atom is 0.257 e. The van der Waals surface area contributed by atoms with Gasteiger partial charge in [0.15, 0.2) is 6.61 Å². The summed E-state index contributed by atoms with van der Waals surface area (Å²) in [6, 6.07) is 5.81. The molecule has 0 aliphatic heterocycles. The SMILES string of the molecule is COCCCNC(=O)COc1c(Br)cccc1CC(C)N. The highest BCUT2D eigenvalue weighted by Crippen LogP contribution is 2.29. The molecule has 1 aromatic rings. The van der Waals surface area contributed by atoms with Gasteiger partial charge in [-0.3, -0.25) is 4.79 Å². The zero-order valence-electron chi connectivity index (χ0n) is 12.5. The number of para-hydroxylation sites is 1. The number of amides is 1. The largest absolute Gasteiger partial charge is 0.482 e. The summed E-state index contributed by atoms with van der Waals surface area (Å²) in [5, 5.41) is 2.78. The van der Waals surface area contributed by atoms with Crippen molar-refractivity contribution >= 4 is 21.8 Å². The van der Waals surface area contributed by atoms with E-state index in [2.05, 4.69) is 21.2 Å². The van der Waals surface area contributed by atoms with Gasteiger partial charge in [-0.15, -0.1) is 0 Å². The Labute approximate surface area is 134 Å². The topological polar surface area (TPSA) is 73.6 Å². The van der Waals surface area contributed by atoms with Crippen molar-refractivity contribution in [2.45, 2.75) is 25.8 Å². The number of nitrogens with one attached hydrogen (secondary N) is 1. The highest BCUT2D eigenvalue weighted by Gasteiger charge is 2.11. The van der Waals surface area contributed by atoms with Gasteiger partial charge in [-0.05, 0) is 47.3 Å². The van der Waals surface area contributed by atoms with Crippen molar-refractivity contribution in [3.63, 3.8) is 0 Å². The number of carbonyl (C=O) groups excluding carboxylic acids is 1. The molecular weight excluding hydrogens is 336 g/mol. The third kappa shape index (κ3) is 6.93. The van der Waals surface area contributed by atoms with E-state index in [1.165, 1.54) is 0 Å². The monoisotopic (exact) mass is 358 g/mol. The number of nitrogens with two attached hydrogens (primary N) is 1. The average molecular weight is 359 g/mol. The van der Waals surface area contributed by atoms with E-state index in [4.69, 9.17) is 15.2 Å². The predicted molar refractivity (Wildman–Crippen MR) is 86.5 cm³/mol. The summed E-state index contributed by atoms with van der Waals surface area (Å²) in [5.41, 5.74) is 6.82. The minimum atomic E-state index is -0.145. The molecule has 3 N–H and O–H groups in total.